The largest absolute Gasteiger partial charge is 0.497 e. The maximum absolute atomic E-state index is 11.9. The van der Waals surface area contributed by atoms with Gasteiger partial charge in [-0.25, -0.2) is 5.43 Å². The average Bonchev–Trinajstić information content (AvgIpc) is 2.62. The molecule has 2 aromatic rings. The van der Waals surface area contributed by atoms with Crippen LogP contribution in [0.4, 0.5) is 5.69 Å². The van der Waals surface area contributed by atoms with Gasteiger partial charge in [-0.1, -0.05) is 37.3 Å². The molecule has 0 aromatic heterocycles. The van der Waals surface area contributed by atoms with Gasteiger partial charge in [-0.15, -0.1) is 0 Å². The van der Waals surface area contributed by atoms with E-state index in [4.69, 9.17) is 4.74 Å². The van der Waals surface area contributed by atoms with E-state index in [0.29, 0.717) is 11.4 Å². The molecule has 0 atom stereocenters. The minimum absolute atomic E-state index is 0.622. The van der Waals surface area contributed by atoms with Crippen LogP contribution in [0.1, 0.15) is 18.1 Å². The highest BCUT2D eigenvalue weighted by Gasteiger charge is 2.14. The van der Waals surface area contributed by atoms with Crippen molar-refractivity contribution in [3.63, 3.8) is 0 Å². The Labute approximate surface area is 140 Å². The van der Waals surface area contributed by atoms with E-state index in [1.54, 1.807) is 43.5 Å². The van der Waals surface area contributed by atoms with Crippen LogP contribution in [0.3, 0.4) is 0 Å². The summed E-state index contributed by atoms with van der Waals surface area (Å²) < 4.78 is 5.10. The molecule has 2 amide bonds. The van der Waals surface area contributed by atoms with E-state index in [-0.39, 0.29) is 0 Å². The van der Waals surface area contributed by atoms with E-state index < -0.39 is 11.8 Å². The zero-order valence-corrected chi connectivity index (χ0v) is 13.6. The summed E-state index contributed by atoms with van der Waals surface area (Å²) in [5.41, 5.74) is 4.52. The van der Waals surface area contributed by atoms with Crippen molar-refractivity contribution in [2.45, 2.75) is 13.3 Å². The smallest absolute Gasteiger partial charge is 0.329 e. The normalized spacial score (nSPS) is 10.4. The summed E-state index contributed by atoms with van der Waals surface area (Å²) in [7, 11) is 1.57. The predicted molar refractivity (Wildman–Crippen MR) is 93.2 cm³/mol. The molecule has 124 valence electrons. The highest BCUT2D eigenvalue weighted by molar-refractivity contribution is 6.39. The van der Waals surface area contributed by atoms with Gasteiger partial charge >= 0.3 is 11.8 Å². The molecule has 0 radical (unpaired) electrons. The van der Waals surface area contributed by atoms with Crippen molar-refractivity contribution >= 4 is 23.7 Å². The van der Waals surface area contributed by atoms with Crippen LogP contribution in [0.2, 0.25) is 0 Å². The summed E-state index contributed by atoms with van der Waals surface area (Å²) in [4.78, 5) is 23.7. The molecule has 0 saturated carbocycles. The maximum atomic E-state index is 11.9. The Kier molecular flexibility index (Phi) is 6.08. The van der Waals surface area contributed by atoms with E-state index >= 15 is 0 Å². The van der Waals surface area contributed by atoms with Crippen LogP contribution >= 0.6 is 0 Å². The first-order valence-electron chi connectivity index (χ1n) is 7.50. The van der Waals surface area contributed by atoms with Crippen molar-refractivity contribution in [2.24, 2.45) is 5.10 Å². The lowest BCUT2D eigenvalue weighted by atomic mass is 10.1. The number of rotatable bonds is 5. The molecule has 24 heavy (non-hydrogen) atoms. The highest BCUT2D eigenvalue weighted by Crippen LogP contribution is 2.15. The standard InChI is InChI=1S/C18H19N3O3/c1-3-14-8-4-5-10-16(14)20-17(22)18(23)21-19-12-13-7-6-9-15(11-13)24-2/h4-12H,3H2,1-2H3,(H,20,22)(H,21,23)/b19-12-. The molecule has 2 N–H and O–H groups in total. The van der Waals surface area contributed by atoms with E-state index in [0.717, 1.165) is 17.5 Å². The number of amides is 2. The Morgan fingerprint density at radius 3 is 2.67 bits per heavy atom. The molecular formula is C18H19N3O3. The second kappa shape index (κ2) is 8.47. The van der Waals surface area contributed by atoms with Gasteiger partial charge in [0.2, 0.25) is 0 Å². The van der Waals surface area contributed by atoms with E-state index in [1.807, 2.05) is 19.1 Å². The molecular weight excluding hydrogens is 306 g/mol. The lowest BCUT2D eigenvalue weighted by Crippen LogP contribution is -2.32. The monoisotopic (exact) mass is 325 g/mol. The number of hydrogen-bond donors (Lipinski definition) is 2. The summed E-state index contributed by atoms with van der Waals surface area (Å²) >= 11 is 0. The zero-order chi connectivity index (χ0) is 17.4. The quantitative estimate of drug-likeness (QED) is 0.503. The molecule has 0 aliphatic carbocycles. The number of methoxy groups -OCH3 is 1. The van der Waals surface area contributed by atoms with Crippen molar-refractivity contribution in [1.29, 1.82) is 0 Å². The number of carbonyl (C=O) groups excluding carboxylic acids is 2. The molecule has 0 saturated heterocycles. The third-order valence-electron chi connectivity index (χ3n) is 3.33. The van der Waals surface area contributed by atoms with Gasteiger partial charge in [0.1, 0.15) is 5.75 Å². The summed E-state index contributed by atoms with van der Waals surface area (Å²) in [6.07, 6.45) is 2.19. The van der Waals surface area contributed by atoms with Gasteiger partial charge in [-0.2, -0.15) is 5.10 Å². The van der Waals surface area contributed by atoms with Gasteiger partial charge < -0.3 is 10.1 Å². The Bertz CT molecular complexity index is 757. The van der Waals surface area contributed by atoms with Crippen molar-refractivity contribution in [3.8, 4) is 5.75 Å². The number of para-hydroxylation sites is 1. The second-order valence-electron chi connectivity index (χ2n) is 4.94. The van der Waals surface area contributed by atoms with Gasteiger partial charge in [-0.3, -0.25) is 9.59 Å². The molecule has 0 bridgehead atoms. The topological polar surface area (TPSA) is 79.8 Å². The molecule has 0 unspecified atom stereocenters. The highest BCUT2D eigenvalue weighted by atomic mass is 16.5. The number of hydrogen-bond acceptors (Lipinski definition) is 4. The van der Waals surface area contributed by atoms with Crippen molar-refractivity contribution < 1.29 is 14.3 Å². The number of hydrazone groups is 1. The number of anilines is 1. The van der Waals surface area contributed by atoms with E-state index in [1.165, 1.54) is 6.21 Å². The summed E-state index contributed by atoms with van der Waals surface area (Å²) in [6.45, 7) is 1.98. The van der Waals surface area contributed by atoms with Crippen LogP contribution in [0.25, 0.3) is 0 Å². The number of nitrogens with zero attached hydrogens (tertiary/aromatic N) is 1. The number of ether oxygens (including phenoxy) is 1. The van der Waals surface area contributed by atoms with Crippen molar-refractivity contribution in [3.05, 3.63) is 59.7 Å². The first-order valence-corrected chi connectivity index (χ1v) is 7.50. The Morgan fingerprint density at radius 1 is 1.12 bits per heavy atom. The van der Waals surface area contributed by atoms with Crippen LogP contribution in [-0.4, -0.2) is 25.1 Å². The number of nitrogens with one attached hydrogen (secondary N) is 2. The van der Waals surface area contributed by atoms with E-state index in [2.05, 4.69) is 15.8 Å². The molecule has 2 aromatic carbocycles. The molecule has 0 heterocycles. The van der Waals surface area contributed by atoms with Crippen molar-refractivity contribution in [1.82, 2.24) is 5.43 Å². The fourth-order valence-corrected chi connectivity index (χ4v) is 2.07. The SMILES string of the molecule is CCc1ccccc1NC(=O)C(=O)N/N=C\c1cccc(OC)c1. The first-order chi connectivity index (χ1) is 11.6. The number of aryl methyl sites for hydroxylation is 1. The minimum atomic E-state index is -0.833. The zero-order valence-electron chi connectivity index (χ0n) is 13.6. The van der Waals surface area contributed by atoms with Crippen LogP contribution < -0.4 is 15.5 Å². The third kappa shape index (κ3) is 4.67. The van der Waals surface area contributed by atoms with Crippen LogP contribution in [0.15, 0.2) is 53.6 Å². The molecule has 6 nitrogen and oxygen atoms in total. The minimum Gasteiger partial charge on any atom is -0.497 e. The van der Waals surface area contributed by atoms with E-state index in [9.17, 15) is 9.59 Å². The van der Waals surface area contributed by atoms with Gasteiger partial charge in [0.05, 0.1) is 13.3 Å². The van der Waals surface area contributed by atoms with Gasteiger partial charge in [0, 0.05) is 5.69 Å². The summed E-state index contributed by atoms with van der Waals surface area (Å²) in [6, 6.07) is 14.5. The average molecular weight is 325 g/mol. The molecule has 0 aliphatic heterocycles. The molecule has 0 fully saturated rings. The summed E-state index contributed by atoms with van der Waals surface area (Å²) in [5.74, 6) is -0.919. The molecule has 0 spiro atoms. The van der Waals surface area contributed by atoms with Gasteiger partial charge in [-0.05, 0) is 35.7 Å². The Balaban J connectivity index is 1.94. The number of carbonyl (C=O) groups is 2. The maximum Gasteiger partial charge on any atom is 0.329 e. The molecule has 2 rings (SSSR count). The van der Waals surface area contributed by atoms with Crippen LogP contribution in [-0.2, 0) is 16.0 Å². The van der Waals surface area contributed by atoms with Crippen molar-refractivity contribution in [2.75, 3.05) is 12.4 Å². The summed E-state index contributed by atoms with van der Waals surface area (Å²) in [5, 5.41) is 6.36. The van der Waals surface area contributed by atoms with Crippen LogP contribution in [0, 0.1) is 0 Å². The second-order valence-corrected chi connectivity index (χ2v) is 4.94. The predicted octanol–water partition coefficient (Wildman–Crippen LogP) is 2.35. The fraction of sp³-hybridized carbons (Fsp3) is 0.167. The van der Waals surface area contributed by atoms with Gasteiger partial charge in [0.15, 0.2) is 0 Å². The Morgan fingerprint density at radius 2 is 1.92 bits per heavy atom. The fourth-order valence-electron chi connectivity index (χ4n) is 2.07. The van der Waals surface area contributed by atoms with Crippen LogP contribution in [0.5, 0.6) is 5.75 Å². The number of benzene rings is 2. The van der Waals surface area contributed by atoms with Gasteiger partial charge in [0.25, 0.3) is 0 Å². The first kappa shape index (κ1) is 17.2. The Hall–Kier alpha value is -3.15. The third-order valence-corrected chi connectivity index (χ3v) is 3.33. The lowest BCUT2D eigenvalue weighted by molar-refractivity contribution is -0.136. The molecule has 0 aliphatic rings. The lowest BCUT2D eigenvalue weighted by Gasteiger charge is -2.08. The molecule has 6 heteroatoms.